The molecule has 4 nitrogen and oxygen atoms in total. The van der Waals surface area contributed by atoms with Crippen molar-refractivity contribution < 1.29 is 9.63 Å². The number of amides is 2. The van der Waals surface area contributed by atoms with Crippen LogP contribution in [0.1, 0.15) is 0 Å². The smallest absolute Gasteiger partial charge is 0.336 e. The molecule has 0 saturated heterocycles. The first-order chi connectivity index (χ1) is 3.77. The molecule has 0 rings (SSSR count). The summed E-state index contributed by atoms with van der Waals surface area (Å²) in [5.41, 5.74) is 6.54. The summed E-state index contributed by atoms with van der Waals surface area (Å²) in [7, 11) is 0. The molecule has 0 aliphatic heterocycles. The van der Waals surface area contributed by atoms with Crippen molar-refractivity contribution in [2.45, 2.75) is 0 Å². The Morgan fingerprint density at radius 3 is 3.00 bits per heavy atom. The Labute approximate surface area is 47.3 Å². The second-order valence-corrected chi connectivity index (χ2v) is 1.07. The van der Waals surface area contributed by atoms with E-state index in [0.29, 0.717) is 0 Å². The number of nitrogens with one attached hydrogen (secondary N) is 1. The van der Waals surface area contributed by atoms with Gasteiger partial charge in [0.2, 0.25) is 0 Å². The minimum absolute atomic E-state index is 0.267. The van der Waals surface area contributed by atoms with Crippen LogP contribution in [0.3, 0.4) is 0 Å². The Hall–Kier alpha value is -1.03. The summed E-state index contributed by atoms with van der Waals surface area (Å²) >= 11 is 0. The number of hydroxylamine groups is 1. The highest BCUT2D eigenvalue weighted by molar-refractivity contribution is 5.70. The van der Waals surface area contributed by atoms with Gasteiger partial charge in [-0.05, 0) is 0 Å². The molecule has 0 aliphatic carbocycles. The molecule has 0 unspecified atom stereocenters. The zero-order valence-electron chi connectivity index (χ0n) is 4.39. The first kappa shape index (κ1) is 6.97. The zero-order valence-corrected chi connectivity index (χ0v) is 4.39. The van der Waals surface area contributed by atoms with Crippen molar-refractivity contribution in [2.75, 3.05) is 6.61 Å². The standard InChI is InChI=1S/C4H8N2O2/c1-2-3-8-6-4(5)7/h2H,1,3H2,(H3,5,6,7). The molecule has 0 fully saturated rings. The molecule has 0 aromatic rings. The lowest BCUT2D eigenvalue weighted by atomic mass is 10.7. The van der Waals surface area contributed by atoms with Gasteiger partial charge in [0, 0.05) is 0 Å². The molecule has 3 N–H and O–H groups in total. The summed E-state index contributed by atoms with van der Waals surface area (Å²) < 4.78 is 0. The number of urea groups is 1. The molecule has 0 spiro atoms. The maximum atomic E-state index is 9.83. The molecule has 2 amide bonds. The minimum Gasteiger partial charge on any atom is -0.350 e. The number of rotatable bonds is 3. The van der Waals surface area contributed by atoms with Crippen molar-refractivity contribution in [1.82, 2.24) is 5.48 Å². The number of carbonyl (C=O) groups is 1. The first-order valence-corrected chi connectivity index (χ1v) is 2.05. The van der Waals surface area contributed by atoms with E-state index in [4.69, 9.17) is 0 Å². The molecule has 46 valence electrons. The highest BCUT2D eigenvalue weighted by Crippen LogP contribution is 1.65. The van der Waals surface area contributed by atoms with E-state index in [-0.39, 0.29) is 6.61 Å². The van der Waals surface area contributed by atoms with Crippen LogP contribution in [0.5, 0.6) is 0 Å². The molecule has 0 aromatic carbocycles. The van der Waals surface area contributed by atoms with Crippen LogP contribution in [-0.4, -0.2) is 12.6 Å². The van der Waals surface area contributed by atoms with Crippen molar-refractivity contribution in [3.05, 3.63) is 12.7 Å². The van der Waals surface area contributed by atoms with E-state index in [1.165, 1.54) is 6.08 Å². The average molecular weight is 116 g/mol. The average Bonchev–Trinajstić information content (AvgIpc) is 1.66. The van der Waals surface area contributed by atoms with E-state index >= 15 is 0 Å². The van der Waals surface area contributed by atoms with Gasteiger partial charge < -0.3 is 5.73 Å². The summed E-state index contributed by atoms with van der Waals surface area (Å²) in [5, 5.41) is 0. The predicted molar refractivity (Wildman–Crippen MR) is 28.9 cm³/mol. The normalized spacial score (nSPS) is 8.00. The lowest BCUT2D eigenvalue weighted by molar-refractivity contribution is 0.0854. The molecule has 0 atom stereocenters. The summed E-state index contributed by atoms with van der Waals surface area (Å²) in [5.74, 6) is 0. The van der Waals surface area contributed by atoms with Crippen LogP contribution in [-0.2, 0) is 4.84 Å². The van der Waals surface area contributed by atoms with Gasteiger partial charge >= 0.3 is 6.03 Å². The SMILES string of the molecule is C=CCONC(N)=O. The van der Waals surface area contributed by atoms with E-state index in [2.05, 4.69) is 17.2 Å². The van der Waals surface area contributed by atoms with Gasteiger partial charge in [-0.3, -0.25) is 4.84 Å². The highest BCUT2D eigenvalue weighted by atomic mass is 16.7. The Balaban J connectivity index is 2.93. The van der Waals surface area contributed by atoms with Crippen molar-refractivity contribution in [3.8, 4) is 0 Å². The maximum absolute atomic E-state index is 9.83. The van der Waals surface area contributed by atoms with E-state index in [1.807, 2.05) is 5.48 Å². The van der Waals surface area contributed by atoms with Gasteiger partial charge in [0.25, 0.3) is 0 Å². The summed E-state index contributed by atoms with van der Waals surface area (Å²) in [6.07, 6.45) is 1.50. The number of hydrogen-bond donors (Lipinski definition) is 2. The fraction of sp³-hybridized carbons (Fsp3) is 0.250. The fourth-order valence-corrected chi connectivity index (χ4v) is 0.172. The highest BCUT2D eigenvalue weighted by Gasteiger charge is 1.84. The Morgan fingerprint density at radius 1 is 2.00 bits per heavy atom. The van der Waals surface area contributed by atoms with Crippen LogP contribution in [0, 0.1) is 0 Å². The third-order valence-corrected chi connectivity index (χ3v) is 0.374. The molecular formula is C4H8N2O2. The number of nitrogens with two attached hydrogens (primary N) is 1. The second kappa shape index (κ2) is 4.14. The van der Waals surface area contributed by atoms with Gasteiger partial charge in [-0.2, -0.15) is 0 Å². The van der Waals surface area contributed by atoms with Crippen LogP contribution in [0.25, 0.3) is 0 Å². The Morgan fingerprint density at radius 2 is 2.62 bits per heavy atom. The molecule has 4 heteroatoms. The third kappa shape index (κ3) is 4.97. The first-order valence-electron chi connectivity index (χ1n) is 2.05. The van der Waals surface area contributed by atoms with Crippen molar-refractivity contribution in [2.24, 2.45) is 5.73 Å². The molecule has 0 saturated carbocycles. The molecule has 0 heterocycles. The van der Waals surface area contributed by atoms with Crippen LogP contribution >= 0.6 is 0 Å². The molecular weight excluding hydrogens is 108 g/mol. The van der Waals surface area contributed by atoms with Gasteiger partial charge in [0.15, 0.2) is 0 Å². The predicted octanol–water partition coefficient (Wildman–Crippen LogP) is -0.228. The molecule has 0 bridgehead atoms. The second-order valence-electron chi connectivity index (χ2n) is 1.07. The van der Waals surface area contributed by atoms with Gasteiger partial charge in [-0.25, -0.2) is 10.3 Å². The van der Waals surface area contributed by atoms with Crippen LogP contribution in [0.2, 0.25) is 0 Å². The Kier molecular flexibility index (Phi) is 3.60. The van der Waals surface area contributed by atoms with E-state index in [0.717, 1.165) is 0 Å². The topological polar surface area (TPSA) is 64.3 Å². The van der Waals surface area contributed by atoms with Crippen LogP contribution < -0.4 is 11.2 Å². The van der Waals surface area contributed by atoms with Gasteiger partial charge in [0.1, 0.15) is 0 Å². The van der Waals surface area contributed by atoms with E-state index in [9.17, 15) is 4.79 Å². The summed E-state index contributed by atoms with van der Waals surface area (Å²) in [4.78, 5) is 14.2. The lowest BCUT2D eigenvalue weighted by Gasteiger charge is -1.95. The van der Waals surface area contributed by atoms with Crippen molar-refractivity contribution in [1.29, 1.82) is 0 Å². The van der Waals surface area contributed by atoms with Crippen LogP contribution in [0.4, 0.5) is 4.79 Å². The van der Waals surface area contributed by atoms with E-state index < -0.39 is 6.03 Å². The van der Waals surface area contributed by atoms with Crippen molar-refractivity contribution >= 4 is 6.03 Å². The van der Waals surface area contributed by atoms with Gasteiger partial charge in [-0.1, -0.05) is 6.08 Å². The quantitative estimate of drug-likeness (QED) is 0.304. The van der Waals surface area contributed by atoms with E-state index in [1.54, 1.807) is 0 Å². The molecule has 0 aromatic heterocycles. The molecule has 0 aliphatic rings. The minimum atomic E-state index is -0.702. The monoisotopic (exact) mass is 116 g/mol. The molecule has 0 radical (unpaired) electrons. The number of primary amides is 1. The Bertz CT molecular complexity index is 92.0. The van der Waals surface area contributed by atoms with Crippen LogP contribution in [0.15, 0.2) is 12.7 Å². The zero-order chi connectivity index (χ0) is 6.41. The number of carbonyl (C=O) groups excluding carboxylic acids is 1. The largest absolute Gasteiger partial charge is 0.350 e. The van der Waals surface area contributed by atoms with Gasteiger partial charge in [0.05, 0.1) is 6.61 Å². The fourth-order valence-electron chi connectivity index (χ4n) is 0.172. The third-order valence-electron chi connectivity index (χ3n) is 0.374. The number of hydrogen-bond acceptors (Lipinski definition) is 2. The maximum Gasteiger partial charge on any atom is 0.336 e. The van der Waals surface area contributed by atoms with Crippen molar-refractivity contribution in [3.63, 3.8) is 0 Å². The lowest BCUT2D eigenvalue weighted by Crippen LogP contribution is -2.29. The molecule has 8 heavy (non-hydrogen) atoms. The summed E-state index contributed by atoms with van der Waals surface area (Å²) in [6, 6.07) is -0.702. The van der Waals surface area contributed by atoms with Gasteiger partial charge in [-0.15, -0.1) is 6.58 Å². The summed E-state index contributed by atoms with van der Waals surface area (Å²) in [6.45, 7) is 3.61.